The zero-order valence-electron chi connectivity index (χ0n) is 12.8. The molecule has 0 heterocycles. The largest absolute Gasteiger partial charge is 0.493 e. The Bertz CT molecular complexity index is 531. The highest BCUT2D eigenvalue weighted by molar-refractivity contribution is 6.32. The van der Waals surface area contributed by atoms with E-state index in [1.54, 1.807) is 0 Å². The van der Waals surface area contributed by atoms with Gasteiger partial charge in [0.15, 0.2) is 11.5 Å². The number of carbonyl (C=O) groups excluding carboxylic acids is 1. The van der Waals surface area contributed by atoms with Crippen molar-refractivity contribution in [1.29, 1.82) is 0 Å². The van der Waals surface area contributed by atoms with Crippen molar-refractivity contribution >= 4 is 29.9 Å². The molecule has 0 aliphatic heterocycles. The zero-order valence-corrected chi connectivity index (χ0v) is 14.4. The van der Waals surface area contributed by atoms with Gasteiger partial charge >= 0.3 is 0 Å². The Kier molecular flexibility index (Phi) is 9.19. The van der Waals surface area contributed by atoms with Crippen LogP contribution in [0.3, 0.4) is 0 Å². The topological polar surface area (TPSA) is 73.6 Å². The zero-order chi connectivity index (χ0) is 16.8. The van der Waals surface area contributed by atoms with E-state index in [4.69, 9.17) is 26.8 Å². The van der Waals surface area contributed by atoms with E-state index in [9.17, 15) is 13.6 Å². The average molecular weight is 373 g/mol. The average Bonchev–Trinajstić information content (AvgIpc) is 2.50. The summed E-state index contributed by atoms with van der Waals surface area (Å²) in [5, 5.41) is 2.28. The molecule has 23 heavy (non-hydrogen) atoms. The Balaban J connectivity index is 0.00000484. The van der Waals surface area contributed by atoms with Crippen LogP contribution in [0.25, 0.3) is 0 Å². The standard InChI is InChI=1S/C14H19ClF2N2O3.ClH/c1-3-4-22-12-10(15)5-9(6-11(12)21-2)13(20)19-8-14(16,17)7-18;/h5-6H,3-4,7-8,18H2,1-2H3,(H,19,20);1H. The van der Waals surface area contributed by atoms with Crippen LogP contribution in [0.15, 0.2) is 12.1 Å². The lowest BCUT2D eigenvalue weighted by molar-refractivity contribution is 0.0118. The third kappa shape index (κ3) is 6.37. The summed E-state index contributed by atoms with van der Waals surface area (Å²) in [6.45, 7) is 0.668. The number of hydrogen-bond donors (Lipinski definition) is 2. The van der Waals surface area contributed by atoms with Gasteiger partial charge in [-0.05, 0) is 18.6 Å². The van der Waals surface area contributed by atoms with Gasteiger partial charge in [0, 0.05) is 5.56 Å². The molecule has 0 aromatic heterocycles. The van der Waals surface area contributed by atoms with Crippen LogP contribution >= 0.6 is 24.0 Å². The monoisotopic (exact) mass is 372 g/mol. The Morgan fingerprint density at radius 2 is 2.09 bits per heavy atom. The first-order valence-electron chi connectivity index (χ1n) is 6.71. The van der Waals surface area contributed by atoms with Crippen molar-refractivity contribution in [3.05, 3.63) is 22.7 Å². The first kappa shape index (κ1) is 21.7. The number of methoxy groups -OCH3 is 1. The van der Waals surface area contributed by atoms with Gasteiger partial charge in [-0.15, -0.1) is 12.4 Å². The van der Waals surface area contributed by atoms with Crippen molar-refractivity contribution in [2.45, 2.75) is 19.3 Å². The normalized spacial score (nSPS) is 10.7. The quantitative estimate of drug-likeness (QED) is 0.735. The number of benzene rings is 1. The maximum atomic E-state index is 13.0. The van der Waals surface area contributed by atoms with Crippen LogP contribution in [0.4, 0.5) is 8.78 Å². The van der Waals surface area contributed by atoms with E-state index in [2.05, 4.69) is 5.32 Å². The molecular weight excluding hydrogens is 353 g/mol. The summed E-state index contributed by atoms with van der Waals surface area (Å²) >= 11 is 6.06. The van der Waals surface area contributed by atoms with Crippen LogP contribution in [0.5, 0.6) is 11.5 Å². The lowest BCUT2D eigenvalue weighted by Gasteiger charge is -2.16. The van der Waals surface area contributed by atoms with Crippen molar-refractivity contribution in [3.8, 4) is 11.5 Å². The molecule has 1 rings (SSSR count). The van der Waals surface area contributed by atoms with Crippen LogP contribution in [0.2, 0.25) is 5.02 Å². The molecule has 1 amide bonds. The van der Waals surface area contributed by atoms with Crippen LogP contribution in [-0.4, -0.2) is 38.6 Å². The molecule has 0 unspecified atom stereocenters. The highest BCUT2D eigenvalue weighted by Gasteiger charge is 2.27. The number of alkyl halides is 2. The van der Waals surface area contributed by atoms with E-state index >= 15 is 0 Å². The van der Waals surface area contributed by atoms with E-state index < -0.39 is 24.9 Å². The summed E-state index contributed by atoms with van der Waals surface area (Å²) < 4.78 is 36.7. The molecule has 0 saturated carbocycles. The van der Waals surface area contributed by atoms with Gasteiger partial charge in [-0.3, -0.25) is 4.79 Å². The fraction of sp³-hybridized carbons (Fsp3) is 0.500. The molecule has 0 radical (unpaired) electrons. The van der Waals surface area contributed by atoms with Crippen LogP contribution in [0.1, 0.15) is 23.7 Å². The van der Waals surface area contributed by atoms with Gasteiger partial charge in [0.2, 0.25) is 0 Å². The van der Waals surface area contributed by atoms with Gasteiger partial charge in [-0.2, -0.15) is 0 Å². The maximum absolute atomic E-state index is 13.0. The molecule has 9 heteroatoms. The number of ether oxygens (including phenoxy) is 2. The smallest absolute Gasteiger partial charge is 0.277 e. The molecule has 1 aromatic rings. The first-order valence-corrected chi connectivity index (χ1v) is 7.08. The molecule has 0 aliphatic rings. The highest BCUT2D eigenvalue weighted by atomic mass is 35.5. The van der Waals surface area contributed by atoms with Gasteiger partial charge in [-0.1, -0.05) is 18.5 Å². The van der Waals surface area contributed by atoms with Crippen molar-refractivity contribution in [2.75, 3.05) is 26.8 Å². The third-order valence-electron chi connectivity index (χ3n) is 2.75. The molecule has 0 saturated heterocycles. The molecule has 0 aliphatic carbocycles. The Morgan fingerprint density at radius 1 is 1.43 bits per heavy atom. The van der Waals surface area contributed by atoms with Crippen molar-refractivity contribution < 1.29 is 23.0 Å². The predicted molar refractivity (Wildman–Crippen MR) is 87.4 cm³/mol. The second kappa shape index (κ2) is 9.75. The predicted octanol–water partition coefficient (Wildman–Crippen LogP) is 2.88. The number of halogens is 4. The Morgan fingerprint density at radius 3 is 2.61 bits per heavy atom. The molecule has 1 aromatic carbocycles. The molecular formula is C14H20Cl2F2N2O3. The van der Waals surface area contributed by atoms with Crippen molar-refractivity contribution in [1.82, 2.24) is 5.32 Å². The number of hydrogen-bond acceptors (Lipinski definition) is 4. The molecule has 0 fully saturated rings. The van der Waals surface area contributed by atoms with Gasteiger partial charge in [0.25, 0.3) is 11.8 Å². The van der Waals surface area contributed by atoms with E-state index in [0.717, 1.165) is 6.42 Å². The van der Waals surface area contributed by atoms with Crippen molar-refractivity contribution in [3.63, 3.8) is 0 Å². The Hall–Kier alpha value is -1.31. The van der Waals surface area contributed by atoms with Gasteiger partial charge in [0.05, 0.1) is 31.8 Å². The SMILES string of the molecule is CCCOc1c(Cl)cc(C(=O)NCC(F)(F)CN)cc1OC.Cl. The van der Waals surface area contributed by atoms with Crippen LogP contribution in [-0.2, 0) is 0 Å². The van der Waals surface area contributed by atoms with E-state index in [1.807, 2.05) is 6.92 Å². The van der Waals surface area contributed by atoms with Gasteiger partial charge < -0.3 is 20.5 Å². The number of carbonyl (C=O) groups is 1. The summed E-state index contributed by atoms with van der Waals surface area (Å²) in [6, 6.07) is 2.72. The van der Waals surface area contributed by atoms with Crippen LogP contribution < -0.4 is 20.5 Å². The molecule has 0 atom stereocenters. The number of rotatable bonds is 8. The lowest BCUT2D eigenvalue weighted by Crippen LogP contribution is -2.41. The minimum atomic E-state index is -3.16. The molecule has 3 N–H and O–H groups in total. The molecule has 0 spiro atoms. The van der Waals surface area contributed by atoms with Crippen molar-refractivity contribution in [2.24, 2.45) is 5.73 Å². The number of nitrogens with two attached hydrogens (primary N) is 1. The summed E-state index contributed by atoms with van der Waals surface area (Å²) in [7, 11) is 1.40. The van der Waals surface area contributed by atoms with Gasteiger partial charge in [0.1, 0.15) is 0 Å². The highest BCUT2D eigenvalue weighted by Crippen LogP contribution is 2.36. The van der Waals surface area contributed by atoms with E-state index in [-0.39, 0.29) is 28.7 Å². The summed E-state index contributed by atoms with van der Waals surface area (Å²) in [5.74, 6) is -3.28. The van der Waals surface area contributed by atoms with Gasteiger partial charge in [-0.25, -0.2) is 8.78 Å². The second-order valence-electron chi connectivity index (χ2n) is 4.58. The number of amides is 1. The van der Waals surface area contributed by atoms with E-state index in [0.29, 0.717) is 12.4 Å². The summed E-state index contributed by atoms with van der Waals surface area (Å²) in [5.41, 5.74) is 5.00. The molecule has 132 valence electrons. The first-order chi connectivity index (χ1) is 10.3. The molecule has 5 nitrogen and oxygen atoms in total. The minimum Gasteiger partial charge on any atom is -0.493 e. The van der Waals surface area contributed by atoms with E-state index in [1.165, 1.54) is 19.2 Å². The number of nitrogens with one attached hydrogen (secondary N) is 1. The fourth-order valence-corrected chi connectivity index (χ4v) is 1.84. The summed E-state index contributed by atoms with van der Waals surface area (Å²) in [6.07, 6.45) is 0.774. The third-order valence-corrected chi connectivity index (χ3v) is 3.03. The molecule has 0 bridgehead atoms. The fourth-order valence-electron chi connectivity index (χ4n) is 1.58. The minimum absolute atomic E-state index is 0. The second-order valence-corrected chi connectivity index (χ2v) is 4.99. The van der Waals surface area contributed by atoms with Crippen LogP contribution in [0, 0.1) is 0 Å². The summed E-state index contributed by atoms with van der Waals surface area (Å²) in [4.78, 5) is 11.9. The lowest BCUT2D eigenvalue weighted by atomic mass is 10.1. The Labute approximate surface area is 144 Å². The maximum Gasteiger partial charge on any atom is 0.277 e.